The molecule has 1 saturated carbocycles. The van der Waals surface area contributed by atoms with Gasteiger partial charge in [0, 0.05) is 0 Å². The van der Waals surface area contributed by atoms with Crippen molar-refractivity contribution < 1.29 is 0 Å². The van der Waals surface area contributed by atoms with Crippen molar-refractivity contribution >= 4 is 7.85 Å². The Kier molecular flexibility index (Phi) is 14.6. The first-order valence-electron chi connectivity index (χ1n) is 13.1. The van der Waals surface area contributed by atoms with Gasteiger partial charge in [0.1, 0.15) is 7.85 Å². The van der Waals surface area contributed by atoms with Crippen molar-refractivity contribution in [1.29, 1.82) is 0 Å². The van der Waals surface area contributed by atoms with Crippen LogP contribution in [-0.4, -0.2) is 7.85 Å². The minimum absolute atomic E-state index is 0.399. The van der Waals surface area contributed by atoms with E-state index in [1.165, 1.54) is 62.5 Å². The Morgan fingerprint density at radius 3 is 1.97 bits per heavy atom. The average Bonchev–Trinajstić information content (AvgIpc) is 3.36. The number of hydrogen-bond acceptors (Lipinski definition) is 0. The van der Waals surface area contributed by atoms with E-state index in [1.807, 2.05) is 27.7 Å². The van der Waals surface area contributed by atoms with Gasteiger partial charge in [0.2, 0.25) is 0 Å². The van der Waals surface area contributed by atoms with Gasteiger partial charge >= 0.3 is 0 Å². The molecule has 178 valence electrons. The van der Waals surface area contributed by atoms with Crippen LogP contribution < -0.4 is 0 Å². The molecule has 32 heavy (non-hydrogen) atoms. The molecule has 0 spiro atoms. The number of hydrogen-bond donors (Lipinski definition) is 0. The van der Waals surface area contributed by atoms with E-state index >= 15 is 0 Å². The zero-order chi connectivity index (χ0) is 24.8. The van der Waals surface area contributed by atoms with Crippen LogP contribution in [0.3, 0.4) is 0 Å². The second-order valence-electron chi connectivity index (χ2n) is 9.31. The van der Waals surface area contributed by atoms with Crippen LogP contribution in [0.15, 0.2) is 60.1 Å². The highest BCUT2D eigenvalue weighted by molar-refractivity contribution is 6.22. The van der Waals surface area contributed by atoms with Gasteiger partial charge in [-0.05, 0) is 73.0 Å². The Labute approximate surface area is 203 Å². The van der Waals surface area contributed by atoms with Crippen molar-refractivity contribution in [3.05, 3.63) is 71.2 Å². The van der Waals surface area contributed by atoms with E-state index in [0.29, 0.717) is 10.8 Å². The summed E-state index contributed by atoms with van der Waals surface area (Å²) in [5.41, 5.74) is 8.18. The molecular formula is C31H51B. The molecule has 0 amide bonds. The molecule has 3 aliphatic rings. The highest BCUT2D eigenvalue weighted by Crippen LogP contribution is 2.48. The van der Waals surface area contributed by atoms with Crippen LogP contribution in [0.2, 0.25) is 0 Å². The third-order valence-corrected chi connectivity index (χ3v) is 7.11. The minimum Gasteiger partial charge on any atom is -0.113 e. The minimum atomic E-state index is 0.399. The molecule has 1 aromatic rings. The van der Waals surface area contributed by atoms with E-state index in [0.717, 1.165) is 11.9 Å². The van der Waals surface area contributed by atoms with Crippen molar-refractivity contribution in [3.8, 4) is 0 Å². The summed E-state index contributed by atoms with van der Waals surface area (Å²) in [5.74, 6) is 0. The van der Waals surface area contributed by atoms with Crippen LogP contribution in [-0.2, 0) is 5.41 Å². The number of benzene rings is 1. The molecule has 3 aliphatic carbocycles. The maximum Gasteiger partial charge on any atom is 0.108 e. The normalized spacial score (nSPS) is 19.3. The lowest BCUT2D eigenvalue weighted by Crippen LogP contribution is -2.28. The first-order chi connectivity index (χ1) is 15.4. The monoisotopic (exact) mass is 434 g/mol. The van der Waals surface area contributed by atoms with Crippen molar-refractivity contribution in [2.75, 3.05) is 0 Å². The van der Waals surface area contributed by atoms with Crippen LogP contribution in [0.4, 0.5) is 0 Å². The molecule has 0 saturated heterocycles. The predicted molar refractivity (Wildman–Crippen MR) is 149 cm³/mol. The maximum atomic E-state index is 5.77. The van der Waals surface area contributed by atoms with E-state index in [2.05, 4.69) is 71.2 Å². The zero-order valence-electron chi connectivity index (χ0n) is 22.7. The molecular weight excluding hydrogens is 383 g/mol. The van der Waals surface area contributed by atoms with Gasteiger partial charge in [0.15, 0.2) is 0 Å². The topological polar surface area (TPSA) is 0 Å². The van der Waals surface area contributed by atoms with Gasteiger partial charge in [-0.3, -0.25) is 0 Å². The first kappa shape index (κ1) is 30.5. The van der Waals surface area contributed by atoms with Crippen LogP contribution >= 0.6 is 0 Å². The van der Waals surface area contributed by atoms with E-state index in [-0.39, 0.29) is 0 Å². The average molecular weight is 435 g/mol. The molecule has 0 nitrogen and oxygen atoms in total. The Hall–Kier alpha value is -1.50. The summed E-state index contributed by atoms with van der Waals surface area (Å²) in [4.78, 5) is 0. The summed E-state index contributed by atoms with van der Waals surface area (Å²) < 4.78 is 0. The van der Waals surface area contributed by atoms with Crippen molar-refractivity contribution in [2.24, 2.45) is 5.41 Å². The third-order valence-electron chi connectivity index (χ3n) is 7.11. The number of aryl methyl sites for hydroxylation is 1. The SMILES string of the molecule is C=C.CC.CC.CCC1(c2ccccc2C)CCCCC1.[B]C1=CC2=C(CCC2(C)C)C1. The fourth-order valence-corrected chi connectivity index (χ4v) is 5.38. The van der Waals surface area contributed by atoms with Crippen LogP contribution in [0.1, 0.15) is 117 Å². The quantitative estimate of drug-likeness (QED) is 0.321. The molecule has 2 radical (unpaired) electrons. The van der Waals surface area contributed by atoms with Crippen LogP contribution in [0, 0.1) is 12.3 Å². The van der Waals surface area contributed by atoms with Gasteiger partial charge in [0.25, 0.3) is 0 Å². The lowest BCUT2D eigenvalue weighted by atomic mass is 9.67. The lowest BCUT2D eigenvalue weighted by Gasteiger charge is -2.38. The van der Waals surface area contributed by atoms with Gasteiger partial charge < -0.3 is 0 Å². The Balaban J connectivity index is 0.000000500. The summed E-state index contributed by atoms with van der Waals surface area (Å²) in [6.45, 7) is 23.2. The molecule has 1 fully saturated rings. The molecule has 0 heterocycles. The van der Waals surface area contributed by atoms with Crippen LogP contribution in [0.5, 0.6) is 0 Å². The number of allylic oxidation sites excluding steroid dienone is 4. The highest BCUT2D eigenvalue weighted by Gasteiger charge is 2.33. The summed E-state index contributed by atoms with van der Waals surface area (Å²) in [5, 5.41) is 0. The summed E-state index contributed by atoms with van der Waals surface area (Å²) >= 11 is 0. The van der Waals surface area contributed by atoms with Gasteiger partial charge in [-0.2, -0.15) is 0 Å². The molecule has 0 N–H and O–H groups in total. The highest BCUT2D eigenvalue weighted by atomic mass is 14.4. The fourth-order valence-electron chi connectivity index (χ4n) is 5.38. The Morgan fingerprint density at radius 1 is 0.906 bits per heavy atom. The smallest absolute Gasteiger partial charge is 0.108 e. The Morgan fingerprint density at radius 2 is 1.47 bits per heavy atom. The molecule has 0 aliphatic heterocycles. The van der Waals surface area contributed by atoms with Crippen molar-refractivity contribution in [1.82, 2.24) is 0 Å². The predicted octanol–water partition coefficient (Wildman–Crippen LogP) is 10.0. The van der Waals surface area contributed by atoms with Crippen molar-refractivity contribution in [2.45, 2.75) is 119 Å². The van der Waals surface area contributed by atoms with Crippen LogP contribution in [0.25, 0.3) is 0 Å². The van der Waals surface area contributed by atoms with Gasteiger partial charge in [0.05, 0.1) is 0 Å². The molecule has 1 aromatic carbocycles. The van der Waals surface area contributed by atoms with Gasteiger partial charge in [-0.15, -0.1) is 18.6 Å². The van der Waals surface area contributed by atoms with E-state index in [9.17, 15) is 0 Å². The molecule has 4 rings (SSSR count). The van der Waals surface area contributed by atoms with E-state index in [1.54, 1.807) is 11.1 Å². The first-order valence-corrected chi connectivity index (χ1v) is 13.1. The van der Waals surface area contributed by atoms with Gasteiger partial charge in [-0.25, -0.2) is 0 Å². The van der Waals surface area contributed by atoms with E-state index < -0.39 is 0 Å². The standard InChI is InChI=1S/C15H22.C10H13B.2C2H6.C2H4/c1-3-15(11-7-4-8-12-15)14-10-6-5-9-13(14)2;1-10(2)4-3-7-5-8(11)6-9(7)10;3*1-2/h5-6,9-10H,3-4,7-8,11-12H2,1-2H3;6H,3-5H2,1-2H3;2*1-2H3;1-2H2. The largest absolute Gasteiger partial charge is 0.113 e. The molecule has 1 heteroatoms. The maximum absolute atomic E-state index is 5.77. The van der Waals surface area contributed by atoms with Gasteiger partial charge in [-0.1, -0.05) is 104 Å². The molecule has 0 atom stereocenters. The number of rotatable bonds is 2. The lowest BCUT2D eigenvalue weighted by molar-refractivity contribution is 0.282. The fraction of sp³-hybridized carbons (Fsp3) is 0.613. The molecule has 0 unspecified atom stereocenters. The Bertz CT molecular complexity index is 714. The van der Waals surface area contributed by atoms with Crippen molar-refractivity contribution in [3.63, 3.8) is 0 Å². The second-order valence-corrected chi connectivity index (χ2v) is 9.31. The van der Waals surface area contributed by atoms with E-state index in [4.69, 9.17) is 7.85 Å². The molecule has 0 aromatic heterocycles. The summed E-state index contributed by atoms with van der Waals surface area (Å²) in [7, 11) is 5.77. The summed E-state index contributed by atoms with van der Waals surface area (Å²) in [6, 6.07) is 8.98. The molecule has 0 bridgehead atoms. The third kappa shape index (κ3) is 7.82. The summed E-state index contributed by atoms with van der Waals surface area (Å²) in [6.07, 6.45) is 14.2. The zero-order valence-corrected chi connectivity index (χ0v) is 22.7. The second kappa shape index (κ2) is 15.4.